The molecule has 2 amide bonds. The normalized spacial score (nSPS) is 12.5. The average Bonchev–Trinajstić information content (AvgIpc) is 2.25. The third-order valence-corrected chi connectivity index (χ3v) is 2.80. The lowest BCUT2D eigenvalue weighted by atomic mass is 10.2. The SMILES string of the molecule is CS(=O)(=O)Nc1cccc(NC(=O)C(N)CC(N)=O)c1. The molecule has 0 fully saturated rings. The van der Waals surface area contributed by atoms with E-state index in [0.717, 1.165) is 6.26 Å². The van der Waals surface area contributed by atoms with Crippen molar-refractivity contribution in [3.05, 3.63) is 24.3 Å². The Morgan fingerprint density at radius 3 is 2.45 bits per heavy atom. The number of hydrogen-bond donors (Lipinski definition) is 4. The van der Waals surface area contributed by atoms with Crippen LogP contribution in [0.15, 0.2) is 24.3 Å². The molecule has 0 radical (unpaired) electrons. The van der Waals surface area contributed by atoms with Gasteiger partial charge in [-0.05, 0) is 18.2 Å². The molecule has 20 heavy (non-hydrogen) atoms. The summed E-state index contributed by atoms with van der Waals surface area (Å²) in [6, 6.07) is 5.01. The lowest BCUT2D eigenvalue weighted by Crippen LogP contribution is -2.39. The zero-order valence-corrected chi connectivity index (χ0v) is 11.6. The van der Waals surface area contributed by atoms with Gasteiger partial charge in [0.15, 0.2) is 0 Å². The first kappa shape index (κ1) is 15.9. The summed E-state index contributed by atoms with van der Waals surface area (Å²) in [5.41, 5.74) is 11.1. The van der Waals surface area contributed by atoms with E-state index in [4.69, 9.17) is 11.5 Å². The smallest absolute Gasteiger partial charge is 0.241 e. The second kappa shape index (κ2) is 6.35. The second-order valence-corrected chi connectivity index (χ2v) is 5.97. The molecule has 1 rings (SSSR count). The first-order chi connectivity index (χ1) is 9.17. The minimum absolute atomic E-state index is 0.271. The quantitative estimate of drug-likeness (QED) is 0.543. The van der Waals surface area contributed by atoms with Gasteiger partial charge in [-0.25, -0.2) is 8.42 Å². The summed E-state index contributed by atoms with van der Waals surface area (Å²) in [6.07, 6.45) is 0.744. The minimum atomic E-state index is -3.40. The van der Waals surface area contributed by atoms with Gasteiger partial charge in [-0.3, -0.25) is 14.3 Å². The molecule has 110 valence electrons. The summed E-state index contributed by atoms with van der Waals surface area (Å²) in [7, 11) is -3.40. The van der Waals surface area contributed by atoms with Crippen LogP contribution in [0.4, 0.5) is 11.4 Å². The first-order valence-electron chi connectivity index (χ1n) is 5.60. The monoisotopic (exact) mass is 300 g/mol. The summed E-state index contributed by atoms with van der Waals surface area (Å²) in [5.74, 6) is -1.26. The van der Waals surface area contributed by atoms with Gasteiger partial charge < -0.3 is 16.8 Å². The number of carbonyl (C=O) groups is 2. The van der Waals surface area contributed by atoms with Crippen LogP contribution in [0.25, 0.3) is 0 Å². The van der Waals surface area contributed by atoms with Crippen LogP contribution in [0.5, 0.6) is 0 Å². The fourth-order valence-electron chi connectivity index (χ4n) is 1.42. The zero-order valence-electron chi connectivity index (χ0n) is 10.8. The van der Waals surface area contributed by atoms with Gasteiger partial charge in [0.25, 0.3) is 0 Å². The highest BCUT2D eigenvalue weighted by molar-refractivity contribution is 7.92. The van der Waals surface area contributed by atoms with Crippen LogP contribution in [-0.4, -0.2) is 32.5 Å². The van der Waals surface area contributed by atoms with Crippen molar-refractivity contribution in [2.45, 2.75) is 12.5 Å². The molecule has 6 N–H and O–H groups in total. The summed E-state index contributed by atoms with van der Waals surface area (Å²) in [5, 5.41) is 2.47. The van der Waals surface area contributed by atoms with E-state index in [-0.39, 0.29) is 6.42 Å². The van der Waals surface area contributed by atoms with Crippen molar-refractivity contribution in [2.75, 3.05) is 16.3 Å². The summed E-state index contributed by atoms with van der Waals surface area (Å²) >= 11 is 0. The number of nitrogens with one attached hydrogen (secondary N) is 2. The molecule has 8 nitrogen and oxygen atoms in total. The zero-order chi connectivity index (χ0) is 15.3. The maximum absolute atomic E-state index is 11.7. The Morgan fingerprint density at radius 2 is 1.90 bits per heavy atom. The highest BCUT2D eigenvalue weighted by Gasteiger charge is 2.16. The molecule has 0 aliphatic heterocycles. The van der Waals surface area contributed by atoms with Gasteiger partial charge in [0.1, 0.15) is 0 Å². The highest BCUT2D eigenvalue weighted by Crippen LogP contribution is 2.16. The van der Waals surface area contributed by atoms with Crippen molar-refractivity contribution in [2.24, 2.45) is 11.5 Å². The van der Waals surface area contributed by atoms with Crippen molar-refractivity contribution in [3.63, 3.8) is 0 Å². The number of primary amides is 1. The van der Waals surface area contributed by atoms with Gasteiger partial charge in [-0.2, -0.15) is 0 Å². The largest absolute Gasteiger partial charge is 0.370 e. The molecule has 1 atom stereocenters. The number of sulfonamides is 1. The Balaban J connectivity index is 2.76. The molecule has 0 spiro atoms. The number of carbonyl (C=O) groups excluding carboxylic acids is 2. The number of hydrogen-bond acceptors (Lipinski definition) is 5. The van der Waals surface area contributed by atoms with Crippen LogP contribution in [0.1, 0.15) is 6.42 Å². The van der Waals surface area contributed by atoms with Gasteiger partial charge in [0, 0.05) is 5.69 Å². The Labute approximate surface area is 116 Å². The Hall–Kier alpha value is -2.13. The van der Waals surface area contributed by atoms with E-state index in [0.29, 0.717) is 11.4 Å². The van der Waals surface area contributed by atoms with Crippen molar-refractivity contribution < 1.29 is 18.0 Å². The van der Waals surface area contributed by atoms with E-state index < -0.39 is 27.9 Å². The van der Waals surface area contributed by atoms with Gasteiger partial charge in [-0.15, -0.1) is 0 Å². The summed E-state index contributed by atoms with van der Waals surface area (Å²) < 4.78 is 24.5. The molecule has 1 aromatic carbocycles. The third-order valence-electron chi connectivity index (χ3n) is 2.19. The second-order valence-electron chi connectivity index (χ2n) is 4.22. The molecule has 0 aromatic heterocycles. The van der Waals surface area contributed by atoms with Crippen LogP contribution >= 0.6 is 0 Å². The maximum Gasteiger partial charge on any atom is 0.241 e. The predicted molar refractivity (Wildman–Crippen MR) is 75.3 cm³/mol. The molecule has 1 aromatic rings. The number of nitrogens with two attached hydrogens (primary N) is 2. The molecule has 0 saturated heterocycles. The summed E-state index contributed by atoms with van der Waals surface area (Å²) in [4.78, 5) is 22.3. The lowest BCUT2D eigenvalue weighted by molar-refractivity contribution is -0.123. The van der Waals surface area contributed by atoms with E-state index in [2.05, 4.69) is 10.0 Å². The molecule has 0 heterocycles. The molecule has 0 bridgehead atoms. The van der Waals surface area contributed by atoms with Gasteiger partial charge in [0.05, 0.1) is 24.4 Å². The topological polar surface area (TPSA) is 144 Å². The average molecular weight is 300 g/mol. The molecule has 9 heteroatoms. The van der Waals surface area contributed by atoms with Gasteiger partial charge in [0.2, 0.25) is 21.8 Å². The third kappa shape index (κ3) is 5.67. The molecule has 0 saturated carbocycles. The molecular weight excluding hydrogens is 284 g/mol. The Bertz CT molecular complexity index is 615. The molecule has 0 aliphatic carbocycles. The molecule has 1 unspecified atom stereocenters. The number of anilines is 2. The Morgan fingerprint density at radius 1 is 1.30 bits per heavy atom. The first-order valence-corrected chi connectivity index (χ1v) is 7.49. The van der Waals surface area contributed by atoms with Gasteiger partial charge in [-0.1, -0.05) is 6.07 Å². The fraction of sp³-hybridized carbons (Fsp3) is 0.273. The van der Waals surface area contributed by atoms with Crippen LogP contribution < -0.4 is 21.5 Å². The minimum Gasteiger partial charge on any atom is -0.370 e. The van der Waals surface area contributed by atoms with E-state index >= 15 is 0 Å². The highest BCUT2D eigenvalue weighted by atomic mass is 32.2. The maximum atomic E-state index is 11.7. The van der Waals surface area contributed by atoms with E-state index in [9.17, 15) is 18.0 Å². The van der Waals surface area contributed by atoms with Crippen LogP contribution in [0.3, 0.4) is 0 Å². The Kier molecular flexibility index (Phi) is 5.06. The lowest BCUT2D eigenvalue weighted by Gasteiger charge is -2.11. The van der Waals surface area contributed by atoms with Gasteiger partial charge >= 0.3 is 0 Å². The fourth-order valence-corrected chi connectivity index (χ4v) is 1.97. The van der Waals surface area contributed by atoms with E-state index in [1.54, 1.807) is 12.1 Å². The van der Waals surface area contributed by atoms with E-state index in [1.165, 1.54) is 12.1 Å². The molecular formula is C11H16N4O4S. The van der Waals surface area contributed by atoms with Crippen LogP contribution in [0.2, 0.25) is 0 Å². The van der Waals surface area contributed by atoms with Crippen molar-refractivity contribution >= 4 is 33.2 Å². The van der Waals surface area contributed by atoms with Crippen molar-refractivity contribution in [1.29, 1.82) is 0 Å². The predicted octanol–water partition coefficient (Wildman–Crippen LogP) is -0.801. The molecule has 0 aliphatic rings. The van der Waals surface area contributed by atoms with Crippen LogP contribution in [-0.2, 0) is 19.6 Å². The number of rotatable bonds is 6. The van der Waals surface area contributed by atoms with Crippen molar-refractivity contribution in [3.8, 4) is 0 Å². The summed E-state index contributed by atoms with van der Waals surface area (Å²) in [6.45, 7) is 0. The number of benzene rings is 1. The van der Waals surface area contributed by atoms with Crippen LogP contribution in [0, 0.1) is 0 Å². The van der Waals surface area contributed by atoms with Crippen molar-refractivity contribution in [1.82, 2.24) is 0 Å². The number of amides is 2. The standard InChI is InChI=1S/C11H16N4O4S/c1-20(18,19)15-8-4-2-3-7(5-8)14-11(17)9(12)6-10(13)16/h2-5,9,15H,6,12H2,1H3,(H2,13,16)(H,14,17). The van der Waals surface area contributed by atoms with E-state index in [1.807, 2.05) is 0 Å².